The van der Waals surface area contributed by atoms with Gasteiger partial charge in [0.2, 0.25) is 5.91 Å². The first-order chi connectivity index (χ1) is 11.3. The summed E-state index contributed by atoms with van der Waals surface area (Å²) in [4.78, 5) is 23.2. The van der Waals surface area contributed by atoms with Crippen LogP contribution in [0.1, 0.15) is 25.8 Å². The second-order valence-corrected chi connectivity index (χ2v) is 5.23. The van der Waals surface area contributed by atoms with Gasteiger partial charge in [-0.15, -0.1) is 0 Å². The first kappa shape index (κ1) is 17.8. The van der Waals surface area contributed by atoms with Crippen molar-refractivity contribution in [3.05, 3.63) is 35.1 Å². The van der Waals surface area contributed by atoms with E-state index < -0.39 is 28.7 Å². The van der Waals surface area contributed by atoms with Gasteiger partial charge in [0.15, 0.2) is 17.5 Å². The van der Waals surface area contributed by atoms with Crippen LogP contribution in [0.4, 0.5) is 18.9 Å². The molecule has 4 nitrogen and oxygen atoms in total. The number of benzene rings is 2. The fourth-order valence-electron chi connectivity index (χ4n) is 2.51. The number of hydrogen-bond acceptors (Lipinski definition) is 3. The Labute approximate surface area is 136 Å². The van der Waals surface area contributed by atoms with Crippen molar-refractivity contribution in [1.29, 1.82) is 0 Å². The quantitative estimate of drug-likeness (QED) is 0.903. The molecule has 0 aliphatic heterocycles. The van der Waals surface area contributed by atoms with Crippen LogP contribution >= 0.6 is 0 Å². The molecule has 0 aromatic heterocycles. The van der Waals surface area contributed by atoms with Gasteiger partial charge in [0, 0.05) is 30.7 Å². The fourth-order valence-corrected chi connectivity index (χ4v) is 2.51. The van der Waals surface area contributed by atoms with Gasteiger partial charge in [0.1, 0.15) is 11.5 Å². The molecule has 0 saturated carbocycles. The normalized spacial score (nSPS) is 10.8. The largest absolute Gasteiger partial charge is 0.496 e. The van der Waals surface area contributed by atoms with Gasteiger partial charge in [0.05, 0.1) is 18.2 Å². The number of methoxy groups -OCH3 is 1. The second-order valence-electron chi connectivity index (χ2n) is 5.23. The zero-order valence-corrected chi connectivity index (χ0v) is 13.4. The van der Waals surface area contributed by atoms with Gasteiger partial charge in [-0.05, 0) is 12.1 Å². The first-order valence-electron chi connectivity index (χ1n) is 7.27. The minimum atomic E-state index is -1.28. The molecular weight excluding hydrogens is 323 g/mol. The third-order valence-electron chi connectivity index (χ3n) is 3.63. The van der Waals surface area contributed by atoms with E-state index in [1.807, 2.05) is 0 Å². The number of ketones is 1. The maximum atomic E-state index is 14.8. The molecule has 2 aromatic carbocycles. The van der Waals surface area contributed by atoms with E-state index in [0.717, 1.165) is 12.1 Å². The molecule has 0 bridgehead atoms. The van der Waals surface area contributed by atoms with Gasteiger partial charge in [-0.25, -0.2) is 13.2 Å². The zero-order chi connectivity index (χ0) is 18.0. The molecule has 24 heavy (non-hydrogen) atoms. The lowest BCUT2D eigenvalue weighted by atomic mass is 9.97. The van der Waals surface area contributed by atoms with Crippen molar-refractivity contribution in [3.8, 4) is 5.75 Å². The molecular formula is C17H16F3NO3. The summed E-state index contributed by atoms with van der Waals surface area (Å²) in [5.41, 5.74) is -0.284. The van der Waals surface area contributed by atoms with Gasteiger partial charge >= 0.3 is 0 Å². The number of rotatable bonds is 5. The van der Waals surface area contributed by atoms with Crippen LogP contribution in [-0.4, -0.2) is 18.8 Å². The lowest BCUT2D eigenvalue weighted by Crippen LogP contribution is -2.14. The van der Waals surface area contributed by atoms with Crippen LogP contribution in [0, 0.1) is 17.5 Å². The summed E-state index contributed by atoms with van der Waals surface area (Å²) in [7, 11) is 1.20. The molecule has 128 valence electrons. The third-order valence-corrected chi connectivity index (χ3v) is 3.63. The molecule has 0 saturated heterocycles. The molecule has 0 aliphatic carbocycles. The Balaban J connectivity index is 2.93. The monoisotopic (exact) mass is 339 g/mol. The topological polar surface area (TPSA) is 55.4 Å². The molecule has 1 amide bonds. The predicted molar refractivity (Wildman–Crippen MR) is 83.7 cm³/mol. The summed E-state index contributed by atoms with van der Waals surface area (Å²) in [5, 5.41) is 1.66. The van der Waals surface area contributed by atoms with Crippen molar-refractivity contribution in [2.45, 2.75) is 26.7 Å². The first-order valence-corrected chi connectivity index (χ1v) is 7.27. The van der Waals surface area contributed by atoms with E-state index in [4.69, 9.17) is 4.74 Å². The highest BCUT2D eigenvalue weighted by Crippen LogP contribution is 2.41. The van der Waals surface area contributed by atoms with Gasteiger partial charge in [0.25, 0.3) is 0 Å². The van der Waals surface area contributed by atoms with Crippen molar-refractivity contribution in [1.82, 2.24) is 0 Å². The van der Waals surface area contributed by atoms with E-state index in [1.165, 1.54) is 14.0 Å². The van der Waals surface area contributed by atoms with Crippen LogP contribution in [0.3, 0.4) is 0 Å². The number of carbonyl (C=O) groups excluding carboxylic acids is 2. The smallest absolute Gasteiger partial charge is 0.221 e. The van der Waals surface area contributed by atoms with Crippen LogP contribution in [0.2, 0.25) is 0 Å². The molecule has 0 atom stereocenters. The molecule has 7 heteroatoms. The average Bonchev–Trinajstić information content (AvgIpc) is 2.54. The average molecular weight is 339 g/mol. The molecule has 0 fully saturated rings. The molecule has 2 rings (SSSR count). The summed E-state index contributed by atoms with van der Waals surface area (Å²) in [5.74, 6) is -4.39. The summed E-state index contributed by atoms with van der Waals surface area (Å²) >= 11 is 0. The molecule has 0 aliphatic rings. The van der Waals surface area contributed by atoms with Crippen molar-refractivity contribution in [3.63, 3.8) is 0 Å². The fraction of sp³-hybridized carbons (Fsp3) is 0.294. The van der Waals surface area contributed by atoms with Crippen molar-refractivity contribution < 1.29 is 27.5 Å². The van der Waals surface area contributed by atoms with E-state index in [9.17, 15) is 22.8 Å². The van der Waals surface area contributed by atoms with Crippen LogP contribution in [-0.2, 0) is 16.0 Å². The van der Waals surface area contributed by atoms with Crippen molar-refractivity contribution >= 4 is 28.2 Å². The maximum absolute atomic E-state index is 14.8. The van der Waals surface area contributed by atoms with Gasteiger partial charge in [-0.3, -0.25) is 9.59 Å². The van der Waals surface area contributed by atoms with Gasteiger partial charge in [-0.1, -0.05) is 6.92 Å². The number of nitrogens with one attached hydrogen (secondary N) is 1. The van der Waals surface area contributed by atoms with Crippen LogP contribution in [0.15, 0.2) is 12.1 Å². The van der Waals surface area contributed by atoms with E-state index in [1.54, 1.807) is 6.92 Å². The number of hydrogen-bond donors (Lipinski definition) is 1. The lowest BCUT2D eigenvalue weighted by Gasteiger charge is -2.18. The molecule has 0 unspecified atom stereocenters. The highest BCUT2D eigenvalue weighted by atomic mass is 19.2. The molecule has 0 radical (unpaired) electrons. The molecule has 2 aromatic rings. The Kier molecular flexibility index (Phi) is 5.11. The zero-order valence-electron chi connectivity index (χ0n) is 13.4. The highest BCUT2D eigenvalue weighted by molar-refractivity contribution is 6.01. The van der Waals surface area contributed by atoms with E-state index in [0.29, 0.717) is 0 Å². The minimum Gasteiger partial charge on any atom is -0.496 e. The van der Waals surface area contributed by atoms with E-state index in [2.05, 4.69) is 5.32 Å². The van der Waals surface area contributed by atoms with Gasteiger partial charge in [-0.2, -0.15) is 0 Å². The maximum Gasteiger partial charge on any atom is 0.221 e. The Morgan fingerprint density at radius 3 is 2.38 bits per heavy atom. The SMILES string of the molecule is CCC(=O)Cc1c(NC(C)=O)c(F)c2ccc(F)c(F)c2c1OC. The van der Waals surface area contributed by atoms with Crippen LogP contribution < -0.4 is 10.1 Å². The van der Waals surface area contributed by atoms with Crippen molar-refractivity contribution in [2.24, 2.45) is 0 Å². The number of amides is 1. The highest BCUT2D eigenvalue weighted by Gasteiger charge is 2.25. The summed E-state index contributed by atoms with van der Waals surface area (Å²) in [6.45, 7) is 2.79. The van der Waals surface area contributed by atoms with Crippen LogP contribution in [0.5, 0.6) is 5.75 Å². The van der Waals surface area contributed by atoms with E-state index in [-0.39, 0.29) is 41.0 Å². The third kappa shape index (κ3) is 3.06. The standard InChI is InChI=1S/C17H16F3NO3/c1-4-9(23)7-11-16(21-8(2)22)14(19)10-5-6-12(18)15(20)13(10)17(11)24-3/h5-6H,4,7H2,1-3H3,(H,21,22). The molecule has 1 N–H and O–H groups in total. The Bertz CT molecular complexity index is 834. The minimum absolute atomic E-state index is 0.0194. The Morgan fingerprint density at radius 2 is 1.83 bits per heavy atom. The molecule has 0 spiro atoms. The number of fused-ring (bicyclic) bond motifs is 1. The number of carbonyl (C=O) groups is 2. The van der Waals surface area contributed by atoms with E-state index >= 15 is 0 Å². The summed E-state index contributed by atoms with van der Waals surface area (Å²) in [6, 6.07) is 1.84. The van der Waals surface area contributed by atoms with Crippen molar-refractivity contribution in [2.75, 3.05) is 12.4 Å². The predicted octanol–water partition coefficient (Wildman–Crippen LogP) is 3.75. The Morgan fingerprint density at radius 1 is 1.17 bits per heavy atom. The number of ether oxygens (including phenoxy) is 1. The lowest BCUT2D eigenvalue weighted by molar-refractivity contribution is -0.118. The molecule has 0 heterocycles. The summed E-state index contributed by atoms with van der Waals surface area (Å²) < 4.78 is 47.7. The number of halogens is 3. The summed E-state index contributed by atoms with van der Waals surface area (Å²) in [6.07, 6.45) is -0.119. The van der Waals surface area contributed by atoms with Crippen LogP contribution in [0.25, 0.3) is 10.8 Å². The second kappa shape index (κ2) is 6.90. The Hall–Kier alpha value is -2.57. The van der Waals surface area contributed by atoms with Gasteiger partial charge < -0.3 is 10.1 Å². The number of anilines is 1. The number of Topliss-reactive ketones (excluding diaryl/α,β-unsaturated/α-hetero) is 1.